The van der Waals surface area contributed by atoms with E-state index in [9.17, 15) is 4.79 Å². The standard InChI is InChI=1S/C30H39N5O2/c1-30(2,3)25-10-8-23(9-11-25)28-32-27(37-33-28)21-34-18-14-24(15-19-34)29(36)31-20-22-6-12-26(13-7-22)35-16-4-5-17-35/h6-13,24H,4-5,14-21H2,1-3H3,(H,31,36). The molecular weight excluding hydrogens is 462 g/mol. The third-order valence-electron chi connectivity index (χ3n) is 7.67. The number of rotatable bonds is 7. The molecule has 1 amide bonds. The highest BCUT2D eigenvalue weighted by molar-refractivity contribution is 5.78. The monoisotopic (exact) mass is 501 g/mol. The number of aromatic nitrogens is 2. The molecule has 2 aromatic carbocycles. The number of nitrogens with one attached hydrogen (secondary N) is 1. The van der Waals surface area contributed by atoms with Gasteiger partial charge in [-0.15, -0.1) is 0 Å². The van der Waals surface area contributed by atoms with Gasteiger partial charge in [-0.2, -0.15) is 4.98 Å². The largest absolute Gasteiger partial charge is 0.372 e. The number of anilines is 1. The second-order valence-corrected chi connectivity index (χ2v) is 11.5. The summed E-state index contributed by atoms with van der Waals surface area (Å²) >= 11 is 0. The summed E-state index contributed by atoms with van der Waals surface area (Å²) in [4.78, 5) is 22.1. The summed E-state index contributed by atoms with van der Waals surface area (Å²) in [5.74, 6) is 1.45. The SMILES string of the molecule is CC(C)(C)c1ccc(-c2noc(CN3CCC(C(=O)NCc4ccc(N5CCCC5)cc4)CC3)n2)cc1. The second-order valence-electron chi connectivity index (χ2n) is 11.5. The fourth-order valence-electron chi connectivity index (χ4n) is 5.23. The Balaban J connectivity index is 1.06. The highest BCUT2D eigenvalue weighted by Gasteiger charge is 2.26. The molecule has 5 rings (SSSR count). The lowest BCUT2D eigenvalue weighted by Gasteiger charge is -2.30. The molecule has 0 unspecified atom stereocenters. The van der Waals surface area contributed by atoms with Crippen molar-refractivity contribution < 1.29 is 9.32 Å². The average Bonchev–Trinajstić information content (AvgIpc) is 3.61. The van der Waals surface area contributed by atoms with Crippen LogP contribution in [0.3, 0.4) is 0 Å². The molecule has 2 saturated heterocycles. The number of hydrogen-bond acceptors (Lipinski definition) is 6. The van der Waals surface area contributed by atoms with E-state index in [1.165, 1.54) is 24.1 Å². The first-order chi connectivity index (χ1) is 17.8. The Hall–Kier alpha value is -3.19. The highest BCUT2D eigenvalue weighted by Crippen LogP contribution is 2.26. The third kappa shape index (κ3) is 6.39. The van der Waals surface area contributed by atoms with Crippen LogP contribution in [0.2, 0.25) is 0 Å². The van der Waals surface area contributed by atoms with Crippen LogP contribution in [0.5, 0.6) is 0 Å². The smallest absolute Gasteiger partial charge is 0.241 e. The molecule has 2 fully saturated rings. The van der Waals surface area contributed by atoms with Crippen molar-refractivity contribution in [1.82, 2.24) is 20.4 Å². The first-order valence-electron chi connectivity index (χ1n) is 13.6. The molecule has 1 aromatic heterocycles. The fourth-order valence-corrected chi connectivity index (χ4v) is 5.23. The Morgan fingerprint density at radius 2 is 1.65 bits per heavy atom. The lowest BCUT2D eigenvalue weighted by Crippen LogP contribution is -2.40. The molecular formula is C30H39N5O2. The Morgan fingerprint density at radius 3 is 2.30 bits per heavy atom. The van der Waals surface area contributed by atoms with Crippen molar-refractivity contribution >= 4 is 11.6 Å². The van der Waals surface area contributed by atoms with E-state index in [1.54, 1.807) is 0 Å². The van der Waals surface area contributed by atoms with Gasteiger partial charge >= 0.3 is 0 Å². The number of nitrogens with zero attached hydrogens (tertiary/aromatic N) is 4. The molecule has 0 spiro atoms. The number of carbonyl (C=O) groups is 1. The summed E-state index contributed by atoms with van der Waals surface area (Å²) in [6.45, 7) is 11.8. The molecule has 3 heterocycles. The zero-order valence-electron chi connectivity index (χ0n) is 22.4. The second kappa shape index (κ2) is 11.1. The van der Waals surface area contributed by atoms with Crippen LogP contribution < -0.4 is 10.2 Å². The van der Waals surface area contributed by atoms with Gasteiger partial charge in [0, 0.05) is 36.8 Å². The van der Waals surface area contributed by atoms with Crippen LogP contribution in [0, 0.1) is 5.92 Å². The molecule has 2 aliphatic rings. The highest BCUT2D eigenvalue weighted by atomic mass is 16.5. The van der Waals surface area contributed by atoms with Crippen LogP contribution in [0.25, 0.3) is 11.4 Å². The summed E-state index contributed by atoms with van der Waals surface area (Å²) < 4.78 is 5.54. The van der Waals surface area contributed by atoms with Crippen molar-refractivity contribution in [2.24, 2.45) is 5.92 Å². The lowest BCUT2D eigenvalue weighted by atomic mass is 9.87. The minimum atomic E-state index is 0.0553. The van der Waals surface area contributed by atoms with Crippen molar-refractivity contribution in [2.75, 3.05) is 31.1 Å². The summed E-state index contributed by atoms with van der Waals surface area (Å²) in [5.41, 5.74) is 4.79. The average molecular weight is 502 g/mol. The van der Waals surface area contributed by atoms with Crippen LogP contribution in [0.15, 0.2) is 53.1 Å². The quantitative estimate of drug-likeness (QED) is 0.482. The van der Waals surface area contributed by atoms with Crippen LogP contribution in [-0.2, 0) is 23.3 Å². The van der Waals surface area contributed by atoms with E-state index in [0.29, 0.717) is 24.8 Å². The van der Waals surface area contributed by atoms with Crippen LogP contribution in [-0.4, -0.2) is 47.1 Å². The minimum absolute atomic E-state index is 0.0553. The zero-order valence-corrected chi connectivity index (χ0v) is 22.4. The molecule has 0 radical (unpaired) electrons. The maximum Gasteiger partial charge on any atom is 0.241 e. The van der Waals surface area contributed by atoms with E-state index in [0.717, 1.165) is 50.1 Å². The summed E-state index contributed by atoms with van der Waals surface area (Å²) in [7, 11) is 0. The molecule has 7 nitrogen and oxygen atoms in total. The van der Waals surface area contributed by atoms with E-state index in [2.05, 4.69) is 94.6 Å². The van der Waals surface area contributed by atoms with Gasteiger partial charge in [-0.05, 0) is 67.4 Å². The predicted molar refractivity (Wildman–Crippen MR) is 146 cm³/mol. The van der Waals surface area contributed by atoms with Gasteiger partial charge in [-0.3, -0.25) is 9.69 Å². The molecule has 0 aliphatic carbocycles. The molecule has 0 saturated carbocycles. The normalized spacial score (nSPS) is 17.3. The van der Waals surface area contributed by atoms with E-state index >= 15 is 0 Å². The third-order valence-corrected chi connectivity index (χ3v) is 7.67. The number of hydrogen-bond donors (Lipinski definition) is 1. The Morgan fingerprint density at radius 1 is 0.973 bits per heavy atom. The van der Waals surface area contributed by atoms with Crippen LogP contribution in [0.4, 0.5) is 5.69 Å². The Labute approximate surface area is 220 Å². The summed E-state index contributed by atoms with van der Waals surface area (Å²) in [5, 5.41) is 7.33. The van der Waals surface area contributed by atoms with Gasteiger partial charge < -0.3 is 14.7 Å². The molecule has 0 atom stereocenters. The van der Waals surface area contributed by atoms with E-state index in [-0.39, 0.29) is 17.2 Å². The maximum atomic E-state index is 12.8. The van der Waals surface area contributed by atoms with Crippen molar-refractivity contribution in [3.05, 3.63) is 65.5 Å². The van der Waals surface area contributed by atoms with Crippen molar-refractivity contribution in [2.45, 2.75) is 65.0 Å². The number of benzene rings is 2. The van der Waals surface area contributed by atoms with Gasteiger partial charge in [0.1, 0.15) is 0 Å². The zero-order chi connectivity index (χ0) is 25.8. The number of amides is 1. The Kier molecular flexibility index (Phi) is 7.60. The first-order valence-corrected chi connectivity index (χ1v) is 13.6. The van der Waals surface area contributed by atoms with Crippen molar-refractivity contribution in [3.63, 3.8) is 0 Å². The molecule has 1 N–H and O–H groups in total. The van der Waals surface area contributed by atoms with E-state index in [1.807, 2.05) is 0 Å². The molecule has 0 bridgehead atoms. The van der Waals surface area contributed by atoms with Crippen LogP contribution >= 0.6 is 0 Å². The number of carbonyl (C=O) groups excluding carboxylic acids is 1. The topological polar surface area (TPSA) is 74.5 Å². The molecule has 196 valence electrons. The maximum absolute atomic E-state index is 12.8. The molecule has 2 aliphatic heterocycles. The van der Waals surface area contributed by atoms with Crippen molar-refractivity contribution in [1.29, 1.82) is 0 Å². The van der Waals surface area contributed by atoms with E-state index in [4.69, 9.17) is 4.52 Å². The predicted octanol–water partition coefficient (Wildman–Crippen LogP) is 5.16. The summed E-state index contributed by atoms with van der Waals surface area (Å²) in [6, 6.07) is 17.0. The molecule has 7 heteroatoms. The minimum Gasteiger partial charge on any atom is -0.372 e. The lowest BCUT2D eigenvalue weighted by molar-refractivity contribution is -0.126. The van der Waals surface area contributed by atoms with Gasteiger partial charge in [0.25, 0.3) is 0 Å². The number of likely N-dealkylation sites (tertiary alicyclic amines) is 1. The first kappa shape index (κ1) is 25.5. The molecule has 37 heavy (non-hydrogen) atoms. The van der Waals surface area contributed by atoms with Gasteiger partial charge in [0.2, 0.25) is 17.6 Å². The molecule has 3 aromatic rings. The van der Waals surface area contributed by atoms with E-state index < -0.39 is 0 Å². The van der Waals surface area contributed by atoms with Gasteiger partial charge in [0.15, 0.2) is 0 Å². The van der Waals surface area contributed by atoms with Crippen molar-refractivity contribution in [3.8, 4) is 11.4 Å². The van der Waals surface area contributed by atoms with Crippen LogP contribution in [0.1, 0.15) is 63.5 Å². The number of piperidine rings is 1. The summed E-state index contributed by atoms with van der Waals surface area (Å²) in [6.07, 6.45) is 4.24. The Bertz CT molecular complexity index is 1170. The van der Waals surface area contributed by atoms with Gasteiger partial charge in [-0.25, -0.2) is 0 Å². The van der Waals surface area contributed by atoms with Gasteiger partial charge in [0.05, 0.1) is 6.54 Å². The van der Waals surface area contributed by atoms with Gasteiger partial charge in [-0.1, -0.05) is 62.3 Å². The fraction of sp³-hybridized carbons (Fsp3) is 0.500.